The molecule has 27 heteroatoms. The molecule has 0 saturated carbocycles. The van der Waals surface area contributed by atoms with E-state index in [1.807, 2.05) is 94.3 Å². The zero-order valence-electron chi connectivity index (χ0n) is 67.2. The molecule has 2 aliphatic rings. The molecule has 0 aliphatic carbocycles. The van der Waals surface area contributed by atoms with Crippen LogP contribution >= 0.6 is 0 Å². The summed E-state index contributed by atoms with van der Waals surface area (Å²) >= 11 is 0. The van der Waals surface area contributed by atoms with Crippen LogP contribution in [-0.2, 0) is 75.1 Å². The predicted octanol–water partition coefficient (Wildman–Crippen LogP) is 4.22. The van der Waals surface area contributed by atoms with Crippen molar-refractivity contribution in [3.8, 4) is 0 Å². The van der Waals surface area contributed by atoms with E-state index in [9.17, 15) is 24.3 Å². The molecule has 0 spiro atoms. The second-order valence-electron chi connectivity index (χ2n) is 31.7. The van der Waals surface area contributed by atoms with Gasteiger partial charge in [-0.2, -0.15) is 0 Å². The SMILES string of the molecule is CC(C)C[C@@H]1NC(=O)[C@H](CC(C)C)N(C)C(=O)CCCN(C)C(=O)C[C@@H](C(=O)N2CCCCC2)NC(=O)[C@H](CC(C)C)N(C)C(=O)[C@H](CC(C)C)N(C)C(=O)[C@H](C(C)O)NC(=O)[C@H](CC(C)C)N(C)C(=O)[C@H](COCCN(C)C)NC(=O)[C@H](Cc2ccccc2)N(C)C(=O)[C@H](Cc2ccccc2)N(C)C1=O. The molecule has 11 atom stereocenters. The number of amides is 12. The van der Waals surface area contributed by atoms with Crippen molar-refractivity contribution in [1.82, 2.24) is 65.4 Å². The van der Waals surface area contributed by atoms with Gasteiger partial charge >= 0.3 is 0 Å². The maximum Gasteiger partial charge on any atom is 0.248 e. The fourth-order valence-electron chi connectivity index (χ4n) is 13.5. The normalized spacial score (nSPS) is 24.7. The van der Waals surface area contributed by atoms with Gasteiger partial charge in [-0.15, -0.1) is 0 Å². The summed E-state index contributed by atoms with van der Waals surface area (Å²) in [5.74, 6) is -8.96. The molecule has 106 heavy (non-hydrogen) atoms. The number of piperidine rings is 1. The largest absolute Gasteiger partial charge is 0.391 e. The lowest BCUT2D eigenvalue weighted by Gasteiger charge is -2.38. The summed E-state index contributed by atoms with van der Waals surface area (Å²) in [7, 11) is 13.8. The van der Waals surface area contributed by atoms with Gasteiger partial charge in [-0.05, 0) is 120 Å². The van der Waals surface area contributed by atoms with Crippen LogP contribution in [0.5, 0.6) is 0 Å². The van der Waals surface area contributed by atoms with Crippen molar-refractivity contribution >= 4 is 70.9 Å². The number of ether oxygens (including phenoxy) is 1. The minimum atomic E-state index is -1.70. The van der Waals surface area contributed by atoms with E-state index in [-0.39, 0.29) is 101 Å². The van der Waals surface area contributed by atoms with E-state index in [1.165, 1.54) is 80.8 Å². The van der Waals surface area contributed by atoms with Gasteiger partial charge in [-0.3, -0.25) is 57.5 Å². The van der Waals surface area contributed by atoms with Crippen LogP contribution < -0.4 is 21.3 Å². The molecule has 2 aromatic rings. The first-order chi connectivity index (χ1) is 49.8. The van der Waals surface area contributed by atoms with Crippen LogP contribution in [0.2, 0.25) is 0 Å². The lowest BCUT2D eigenvalue weighted by atomic mass is 9.96. The fourth-order valence-corrected chi connectivity index (χ4v) is 13.5. The highest BCUT2D eigenvalue weighted by molar-refractivity contribution is 6.00. The third kappa shape index (κ3) is 27.6. The van der Waals surface area contributed by atoms with Gasteiger partial charge in [-0.25, -0.2) is 0 Å². The number of likely N-dealkylation sites (tertiary alicyclic amines) is 1. The molecule has 2 heterocycles. The molecule has 12 amide bonds. The first-order valence-corrected chi connectivity index (χ1v) is 38.1. The van der Waals surface area contributed by atoms with Crippen LogP contribution in [0.4, 0.5) is 0 Å². The Morgan fingerprint density at radius 2 is 0.858 bits per heavy atom. The number of nitrogens with zero attached hydrogens (tertiary/aromatic N) is 9. The van der Waals surface area contributed by atoms with Crippen molar-refractivity contribution in [3.63, 3.8) is 0 Å². The Kier molecular flexibility index (Phi) is 37.2. The number of likely N-dealkylation sites (N-methyl/N-ethyl adjacent to an activating group) is 7. The van der Waals surface area contributed by atoms with Gasteiger partial charge in [0.25, 0.3) is 0 Å². The smallest absolute Gasteiger partial charge is 0.248 e. The first-order valence-electron chi connectivity index (χ1n) is 38.1. The predicted molar refractivity (Wildman–Crippen MR) is 408 cm³/mol. The number of nitrogens with one attached hydrogen (secondary N) is 4. The average molecular weight is 1480 g/mol. The molecule has 2 aromatic carbocycles. The van der Waals surface area contributed by atoms with E-state index in [1.54, 1.807) is 59.5 Å². The summed E-state index contributed by atoms with van der Waals surface area (Å²) in [5, 5.41) is 23.0. The molecule has 5 N–H and O–H groups in total. The summed E-state index contributed by atoms with van der Waals surface area (Å²) in [6.45, 7) is 20.9. The maximum absolute atomic E-state index is 15.8. The van der Waals surface area contributed by atoms with Crippen molar-refractivity contribution < 1.29 is 67.4 Å². The standard InChI is InChI=1S/C79H129N13O14/c1-50(2)41-58-74(100)90(19)66(47-57-33-26-22-27-34-57)78(104)89(18)64(46-56-31-24-21-25-32-56)72(98)82-60(49-106-40-39-84(12)13)75(101)87(16)63(44-53(7)8)73(99)83-69(55(11)93)79(105)91(20)65(45-54(9)10)77(103)88(17)62(43-52(5)6)71(97)81-59(76(102)92-37-28-23-29-38-92)48-68(95)85(14)36-30-35-67(94)86(15)61(42-51(3)4)70(96)80-58/h21-22,24-27,31-34,50-55,58-66,69,93H,23,28-30,35-49H2,1-20H3,(H,80,96)(H,81,97)(H,82,98)(H,83,99)/t55?,58-,59-,60-,61-,62-,63-,64-,65-,66-,69-/m0/s1. The van der Waals surface area contributed by atoms with E-state index in [2.05, 4.69) is 21.3 Å². The average Bonchev–Trinajstić information content (AvgIpc) is 0.811. The van der Waals surface area contributed by atoms with Gasteiger partial charge in [0, 0.05) is 94.8 Å². The highest BCUT2D eigenvalue weighted by Crippen LogP contribution is 2.25. The molecule has 0 aromatic heterocycles. The van der Waals surface area contributed by atoms with Crippen molar-refractivity contribution in [2.75, 3.05) is 103 Å². The second kappa shape index (κ2) is 43.7. The Balaban J connectivity index is 1.99. The molecule has 27 nitrogen and oxygen atoms in total. The van der Waals surface area contributed by atoms with Gasteiger partial charge in [0.15, 0.2) is 0 Å². The molecule has 2 aliphatic heterocycles. The Morgan fingerprint density at radius 3 is 1.36 bits per heavy atom. The van der Waals surface area contributed by atoms with Crippen molar-refractivity contribution in [2.45, 2.75) is 226 Å². The Bertz CT molecular complexity index is 3200. The lowest BCUT2D eigenvalue weighted by molar-refractivity contribution is -0.152. The van der Waals surface area contributed by atoms with Crippen LogP contribution in [-0.4, -0.2) is 289 Å². The molecule has 1 unspecified atom stereocenters. The second-order valence-corrected chi connectivity index (χ2v) is 31.7. The number of rotatable bonds is 21. The number of carbonyl (C=O) groups excluding carboxylic acids is 12. The minimum absolute atomic E-state index is 0.0144. The van der Waals surface area contributed by atoms with Gasteiger partial charge in [0.1, 0.15) is 60.4 Å². The van der Waals surface area contributed by atoms with Crippen LogP contribution in [0, 0.1) is 29.6 Å². The van der Waals surface area contributed by atoms with Gasteiger partial charge in [-0.1, -0.05) is 130 Å². The van der Waals surface area contributed by atoms with E-state index < -0.39 is 150 Å². The zero-order chi connectivity index (χ0) is 79.6. The zero-order valence-corrected chi connectivity index (χ0v) is 67.2. The van der Waals surface area contributed by atoms with Gasteiger partial charge < -0.3 is 75.2 Å². The highest BCUT2D eigenvalue weighted by Gasteiger charge is 2.44. The molecule has 2 fully saturated rings. The van der Waals surface area contributed by atoms with Crippen LogP contribution in [0.1, 0.15) is 158 Å². The van der Waals surface area contributed by atoms with Crippen molar-refractivity contribution in [2.24, 2.45) is 29.6 Å². The Morgan fingerprint density at radius 1 is 0.453 bits per heavy atom. The van der Waals surface area contributed by atoms with E-state index in [0.717, 1.165) is 16.2 Å². The van der Waals surface area contributed by atoms with E-state index in [4.69, 9.17) is 4.74 Å². The lowest BCUT2D eigenvalue weighted by Crippen LogP contribution is -2.63. The van der Waals surface area contributed by atoms with Crippen LogP contribution in [0.15, 0.2) is 60.7 Å². The highest BCUT2D eigenvalue weighted by atomic mass is 16.5. The summed E-state index contributed by atoms with van der Waals surface area (Å²) in [5.41, 5.74) is 1.31. The molecular weight excluding hydrogens is 1350 g/mol. The fraction of sp³-hybridized carbons (Fsp3) is 0.696. The quantitative estimate of drug-likeness (QED) is 0.109. The third-order valence-electron chi connectivity index (χ3n) is 20.0. The number of benzene rings is 2. The van der Waals surface area contributed by atoms with Crippen molar-refractivity contribution in [1.29, 1.82) is 0 Å². The number of aliphatic hydroxyl groups is 1. The van der Waals surface area contributed by atoms with Crippen LogP contribution in [0.3, 0.4) is 0 Å². The maximum atomic E-state index is 15.8. The summed E-state index contributed by atoms with van der Waals surface area (Å²) < 4.78 is 6.13. The molecule has 594 valence electrons. The number of aliphatic hydroxyl groups excluding tert-OH is 1. The van der Waals surface area contributed by atoms with Crippen LogP contribution in [0.25, 0.3) is 0 Å². The molecule has 2 saturated heterocycles. The van der Waals surface area contributed by atoms with Gasteiger partial charge in [0.05, 0.1) is 25.7 Å². The Labute approximate surface area is 631 Å². The molecular formula is C79H129N13O14. The Hall–Kier alpha value is -8.04. The first kappa shape index (κ1) is 90.4. The van der Waals surface area contributed by atoms with Crippen molar-refractivity contribution in [3.05, 3.63) is 71.8 Å². The molecule has 0 radical (unpaired) electrons. The third-order valence-corrected chi connectivity index (χ3v) is 20.0. The van der Waals surface area contributed by atoms with E-state index >= 15 is 38.4 Å². The van der Waals surface area contributed by atoms with Gasteiger partial charge in [0.2, 0.25) is 70.9 Å². The summed E-state index contributed by atoms with van der Waals surface area (Å²) in [4.78, 5) is 193. The summed E-state index contributed by atoms with van der Waals surface area (Å²) in [6.07, 6.45) is 0.684. The monoisotopic (exact) mass is 1480 g/mol. The minimum Gasteiger partial charge on any atom is -0.391 e. The summed E-state index contributed by atoms with van der Waals surface area (Å²) in [6, 6.07) is 4.53. The topological polar surface area (TPSA) is 312 Å². The number of hydrogen-bond donors (Lipinski definition) is 5. The molecule has 0 bridgehead atoms. The number of carbonyl (C=O) groups is 12. The number of hydrogen-bond acceptors (Lipinski definition) is 15. The molecule has 4 rings (SSSR count). The van der Waals surface area contributed by atoms with E-state index in [0.29, 0.717) is 43.6 Å².